The Labute approximate surface area is 96.8 Å². The molecule has 1 fully saturated rings. The van der Waals surface area contributed by atoms with Crippen molar-refractivity contribution in [1.82, 2.24) is 5.32 Å². The molecule has 1 aromatic rings. The van der Waals surface area contributed by atoms with Crippen LogP contribution in [0.25, 0.3) is 0 Å². The van der Waals surface area contributed by atoms with Crippen molar-refractivity contribution in [2.24, 2.45) is 0 Å². The summed E-state index contributed by atoms with van der Waals surface area (Å²) in [6.45, 7) is 4.12. The fraction of sp³-hybridized carbons (Fsp3) is 0.538. The van der Waals surface area contributed by atoms with Crippen LogP contribution < -0.4 is 14.8 Å². The molecule has 3 nitrogen and oxygen atoms in total. The highest BCUT2D eigenvalue weighted by Gasteiger charge is 2.16. The Morgan fingerprint density at radius 3 is 2.69 bits per heavy atom. The summed E-state index contributed by atoms with van der Waals surface area (Å²) in [7, 11) is 1.69. The van der Waals surface area contributed by atoms with Gasteiger partial charge >= 0.3 is 0 Å². The molecule has 1 N–H and O–H groups in total. The molecular weight excluding hydrogens is 202 g/mol. The van der Waals surface area contributed by atoms with Crippen molar-refractivity contribution in [3.05, 3.63) is 23.8 Å². The van der Waals surface area contributed by atoms with Gasteiger partial charge in [0.2, 0.25) is 0 Å². The van der Waals surface area contributed by atoms with Crippen molar-refractivity contribution in [2.75, 3.05) is 20.2 Å². The molecule has 0 aliphatic carbocycles. The topological polar surface area (TPSA) is 30.5 Å². The van der Waals surface area contributed by atoms with E-state index in [-0.39, 0.29) is 0 Å². The first kappa shape index (κ1) is 11.3. The zero-order valence-corrected chi connectivity index (χ0v) is 9.95. The SMILES string of the molecule is COc1c(C)cccc1OC1CCNCC1. The molecule has 0 spiro atoms. The number of benzene rings is 1. The first-order valence-corrected chi connectivity index (χ1v) is 5.82. The number of hydrogen-bond donors (Lipinski definition) is 1. The summed E-state index contributed by atoms with van der Waals surface area (Å²) in [6, 6.07) is 6.02. The molecule has 3 heteroatoms. The van der Waals surface area contributed by atoms with E-state index in [1.54, 1.807) is 7.11 Å². The third kappa shape index (κ3) is 2.47. The Balaban J connectivity index is 2.10. The summed E-state index contributed by atoms with van der Waals surface area (Å²) >= 11 is 0. The van der Waals surface area contributed by atoms with E-state index < -0.39 is 0 Å². The average molecular weight is 221 g/mol. The van der Waals surface area contributed by atoms with Crippen LogP contribution in [0.5, 0.6) is 11.5 Å². The predicted octanol–water partition coefficient (Wildman–Crippen LogP) is 2.13. The van der Waals surface area contributed by atoms with Gasteiger partial charge in [0.25, 0.3) is 0 Å². The molecule has 16 heavy (non-hydrogen) atoms. The molecule has 0 aromatic heterocycles. The summed E-state index contributed by atoms with van der Waals surface area (Å²) in [4.78, 5) is 0. The van der Waals surface area contributed by atoms with Crippen LogP contribution in [0.15, 0.2) is 18.2 Å². The maximum Gasteiger partial charge on any atom is 0.163 e. The summed E-state index contributed by atoms with van der Waals surface area (Å²) in [5.74, 6) is 1.73. The van der Waals surface area contributed by atoms with Crippen LogP contribution in [0.2, 0.25) is 0 Å². The maximum absolute atomic E-state index is 5.99. The number of hydrogen-bond acceptors (Lipinski definition) is 3. The van der Waals surface area contributed by atoms with E-state index >= 15 is 0 Å². The Morgan fingerprint density at radius 1 is 1.25 bits per heavy atom. The van der Waals surface area contributed by atoms with Crippen LogP contribution in [0, 0.1) is 6.92 Å². The number of methoxy groups -OCH3 is 1. The van der Waals surface area contributed by atoms with Crippen molar-refractivity contribution in [2.45, 2.75) is 25.9 Å². The second kappa shape index (κ2) is 5.21. The second-order valence-electron chi connectivity index (χ2n) is 4.17. The Hall–Kier alpha value is -1.22. The lowest BCUT2D eigenvalue weighted by molar-refractivity contribution is 0.156. The monoisotopic (exact) mass is 221 g/mol. The predicted molar refractivity (Wildman–Crippen MR) is 64.3 cm³/mol. The van der Waals surface area contributed by atoms with Crippen LogP contribution in [-0.4, -0.2) is 26.3 Å². The molecule has 2 rings (SSSR count). The lowest BCUT2D eigenvalue weighted by Gasteiger charge is -2.25. The lowest BCUT2D eigenvalue weighted by atomic mass is 10.1. The van der Waals surface area contributed by atoms with Crippen LogP contribution in [0.3, 0.4) is 0 Å². The molecule has 1 saturated heterocycles. The maximum atomic E-state index is 5.99. The van der Waals surface area contributed by atoms with Crippen molar-refractivity contribution in [3.8, 4) is 11.5 Å². The van der Waals surface area contributed by atoms with Gasteiger partial charge in [-0.15, -0.1) is 0 Å². The van der Waals surface area contributed by atoms with E-state index in [9.17, 15) is 0 Å². The minimum atomic E-state index is 0.317. The van der Waals surface area contributed by atoms with E-state index in [4.69, 9.17) is 9.47 Å². The van der Waals surface area contributed by atoms with Gasteiger partial charge in [0.15, 0.2) is 11.5 Å². The van der Waals surface area contributed by atoms with Crippen LogP contribution in [0.4, 0.5) is 0 Å². The minimum Gasteiger partial charge on any atom is -0.493 e. The smallest absolute Gasteiger partial charge is 0.163 e. The molecule has 1 aliphatic rings. The Kier molecular flexibility index (Phi) is 3.67. The highest BCUT2D eigenvalue weighted by atomic mass is 16.5. The first-order valence-electron chi connectivity index (χ1n) is 5.82. The summed E-state index contributed by atoms with van der Waals surface area (Å²) in [5.41, 5.74) is 1.12. The summed E-state index contributed by atoms with van der Waals surface area (Å²) < 4.78 is 11.4. The zero-order valence-electron chi connectivity index (χ0n) is 9.95. The van der Waals surface area contributed by atoms with Gasteiger partial charge in [-0.3, -0.25) is 0 Å². The number of rotatable bonds is 3. The molecule has 1 aliphatic heterocycles. The molecule has 0 atom stereocenters. The largest absolute Gasteiger partial charge is 0.493 e. The number of piperidine rings is 1. The van der Waals surface area contributed by atoms with Crippen molar-refractivity contribution < 1.29 is 9.47 Å². The Bertz CT molecular complexity index is 346. The van der Waals surface area contributed by atoms with Gasteiger partial charge in [0.05, 0.1) is 7.11 Å². The Morgan fingerprint density at radius 2 is 2.00 bits per heavy atom. The van der Waals surface area contributed by atoms with E-state index in [1.807, 2.05) is 25.1 Å². The standard InChI is InChI=1S/C13H19NO2/c1-10-4-3-5-12(13(10)15-2)16-11-6-8-14-9-7-11/h3-5,11,14H,6-9H2,1-2H3. The van der Waals surface area contributed by atoms with Gasteiger partial charge in [-0.1, -0.05) is 12.1 Å². The van der Waals surface area contributed by atoms with Gasteiger partial charge in [-0.25, -0.2) is 0 Å². The van der Waals surface area contributed by atoms with Gasteiger partial charge in [-0.05, 0) is 44.5 Å². The number of para-hydroxylation sites is 1. The third-order valence-corrected chi connectivity index (χ3v) is 2.96. The number of aryl methyl sites for hydroxylation is 1. The normalized spacial score (nSPS) is 17.1. The van der Waals surface area contributed by atoms with E-state index in [2.05, 4.69) is 5.32 Å². The fourth-order valence-corrected chi connectivity index (χ4v) is 2.07. The molecule has 1 heterocycles. The van der Waals surface area contributed by atoms with Crippen molar-refractivity contribution in [3.63, 3.8) is 0 Å². The lowest BCUT2D eigenvalue weighted by Crippen LogP contribution is -2.34. The molecule has 0 radical (unpaired) electrons. The number of ether oxygens (including phenoxy) is 2. The van der Waals surface area contributed by atoms with Gasteiger partial charge in [0, 0.05) is 0 Å². The van der Waals surface area contributed by atoms with E-state index in [0.29, 0.717) is 6.10 Å². The quantitative estimate of drug-likeness (QED) is 0.848. The minimum absolute atomic E-state index is 0.317. The summed E-state index contributed by atoms with van der Waals surface area (Å²) in [5, 5.41) is 3.33. The van der Waals surface area contributed by atoms with E-state index in [0.717, 1.165) is 43.0 Å². The molecule has 0 bridgehead atoms. The van der Waals surface area contributed by atoms with Crippen molar-refractivity contribution in [1.29, 1.82) is 0 Å². The van der Waals surface area contributed by atoms with Crippen molar-refractivity contribution >= 4 is 0 Å². The van der Waals surface area contributed by atoms with Crippen LogP contribution in [0.1, 0.15) is 18.4 Å². The molecular formula is C13H19NO2. The third-order valence-electron chi connectivity index (χ3n) is 2.96. The zero-order chi connectivity index (χ0) is 11.4. The number of nitrogens with one attached hydrogen (secondary N) is 1. The molecule has 0 amide bonds. The van der Waals surface area contributed by atoms with E-state index in [1.165, 1.54) is 0 Å². The molecule has 0 unspecified atom stereocenters. The van der Waals surface area contributed by atoms with Crippen LogP contribution >= 0.6 is 0 Å². The highest BCUT2D eigenvalue weighted by Crippen LogP contribution is 2.31. The molecule has 88 valence electrons. The van der Waals surface area contributed by atoms with Gasteiger partial charge in [-0.2, -0.15) is 0 Å². The fourth-order valence-electron chi connectivity index (χ4n) is 2.07. The molecule has 0 saturated carbocycles. The van der Waals surface area contributed by atoms with Crippen LogP contribution in [-0.2, 0) is 0 Å². The highest BCUT2D eigenvalue weighted by molar-refractivity contribution is 5.45. The van der Waals surface area contributed by atoms with Gasteiger partial charge < -0.3 is 14.8 Å². The van der Waals surface area contributed by atoms with Gasteiger partial charge in [0.1, 0.15) is 6.10 Å². The summed E-state index contributed by atoms with van der Waals surface area (Å²) in [6.07, 6.45) is 2.45. The first-order chi connectivity index (χ1) is 7.81. The molecule has 1 aromatic carbocycles. The second-order valence-corrected chi connectivity index (χ2v) is 4.17. The average Bonchev–Trinajstić information content (AvgIpc) is 2.31.